The van der Waals surface area contributed by atoms with Crippen molar-refractivity contribution in [3.05, 3.63) is 58.8 Å². The summed E-state index contributed by atoms with van der Waals surface area (Å²) >= 11 is 3.24. The summed E-state index contributed by atoms with van der Waals surface area (Å²) in [5.41, 5.74) is 0.376. The molecule has 6 heteroatoms. The first kappa shape index (κ1) is 13.0. The summed E-state index contributed by atoms with van der Waals surface area (Å²) in [4.78, 5) is -0.368. The summed E-state index contributed by atoms with van der Waals surface area (Å²) in [6, 6.07) is 11.8. The predicted molar refractivity (Wildman–Crippen MR) is 71.4 cm³/mol. The molecule has 0 radical (unpaired) electrons. The Morgan fingerprint density at radius 3 is 2.22 bits per heavy atom. The Balaban J connectivity index is 2.33. The minimum atomic E-state index is -3.90. The van der Waals surface area contributed by atoms with Gasteiger partial charge in [-0.1, -0.05) is 28.1 Å². The zero-order chi connectivity index (χ0) is 13.2. The van der Waals surface area contributed by atoms with Gasteiger partial charge in [-0.2, -0.15) is 0 Å². The molecule has 1 N–H and O–H groups in total. The van der Waals surface area contributed by atoms with Gasteiger partial charge in [0.05, 0.1) is 0 Å². The van der Waals surface area contributed by atoms with E-state index in [0.717, 1.165) is 10.5 Å². The molecule has 0 saturated heterocycles. The summed E-state index contributed by atoms with van der Waals surface area (Å²) in [7, 11) is -3.90. The number of halogens is 2. The van der Waals surface area contributed by atoms with E-state index in [1.54, 1.807) is 24.3 Å². The third-order valence-electron chi connectivity index (χ3n) is 2.22. The molecule has 3 nitrogen and oxygen atoms in total. The van der Waals surface area contributed by atoms with Gasteiger partial charge >= 0.3 is 0 Å². The van der Waals surface area contributed by atoms with E-state index in [2.05, 4.69) is 20.7 Å². The highest BCUT2D eigenvalue weighted by molar-refractivity contribution is 9.10. The molecule has 0 aliphatic carbocycles. The fourth-order valence-corrected chi connectivity index (χ4v) is 2.79. The van der Waals surface area contributed by atoms with Crippen LogP contribution >= 0.6 is 15.9 Å². The number of benzene rings is 2. The van der Waals surface area contributed by atoms with Gasteiger partial charge in [0.25, 0.3) is 10.0 Å². The second-order valence-electron chi connectivity index (χ2n) is 3.54. The van der Waals surface area contributed by atoms with Crippen molar-refractivity contribution in [3.63, 3.8) is 0 Å². The van der Waals surface area contributed by atoms with Crippen LogP contribution < -0.4 is 4.72 Å². The maximum atomic E-state index is 13.4. The van der Waals surface area contributed by atoms with Crippen LogP contribution in [0.2, 0.25) is 0 Å². The van der Waals surface area contributed by atoms with Gasteiger partial charge in [-0.05, 0) is 36.4 Å². The Bertz CT molecular complexity index is 656. The van der Waals surface area contributed by atoms with Crippen LogP contribution in [0.1, 0.15) is 0 Å². The first-order valence-corrected chi connectivity index (χ1v) is 7.29. The van der Waals surface area contributed by atoms with Gasteiger partial charge in [-0.3, -0.25) is 4.72 Å². The summed E-state index contributed by atoms with van der Waals surface area (Å²) < 4.78 is 40.5. The second kappa shape index (κ2) is 5.07. The van der Waals surface area contributed by atoms with Gasteiger partial charge in [0.15, 0.2) is 0 Å². The molecule has 18 heavy (non-hydrogen) atoms. The van der Waals surface area contributed by atoms with Crippen molar-refractivity contribution in [2.75, 3.05) is 4.72 Å². The van der Waals surface area contributed by atoms with Gasteiger partial charge in [0, 0.05) is 10.2 Å². The molecular formula is C12H9BrFNO2S. The number of hydrogen-bond donors (Lipinski definition) is 1. The van der Waals surface area contributed by atoms with Crippen molar-refractivity contribution >= 4 is 31.6 Å². The van der Waals surface area contributed by atoms with E-state index in [-0.39, 0.29) is 4.90 Å². The van der Waals surface area contributed by atoms with E-state index in [0.29, 0.717) is 5.69 Å². The zero-order valence-electron chi connectivity index (χ0n) is 9.10. The lowest BCUT2D eigenvalue weighted by Gasteiger charge is -2.08. The number of rotatable bonds is 3. The van der Waals surface area contributed by atoms with E-state index in [4.69, 9.17) is 0 Å². The highest BCUT2D eigenvalue weighted by atomic mass is 79.9. The number of sulfonamides is 1. The lowest BCUT2D eigenvalue weighted by atomic mass is 10.3. The Kier molecular flexibility index (Phi) is 3.68. The topological polar surface area (TPSA) is 46.2 Å². The molecule has 0 saturated carbocycles. The molecule has 0 aromatic heterocycles. The molecule has 0 spiro atoms. The average molecular weight is 330 g/mol. The highest BCUT2D eigenvalue weighted by Crippen LogP contribution is 2.20. The molecule has 0 heterocycles. The number of nitrogens with one attached hydrogen (secondary N) is 1. The van der Waals surface area contributed by atoms with E-state index in [1.165, 1.54) is 18.2 Å². The van der Waals surface area contributed by atoms with Gasteiger partial charge < -0.3 is 0 Å². The molecule has 0 amide bonds. The van der Waals surface area contributed by atoms with Gasteiger partial charge in [-0.15, -0.1) is 0 Å². The molecule has 2 aromatic rings. The maximum absolute atomic E-state index is 13.4. The third kappa shape index (κ3) is 2.88. The van der Waals surface area contributed by atoms with Crippen molar-refractivity contribution in [2.24, 2.45) is 0 Å². The molecule has 0 fully saturated rings. The van der Waals surface area contributed by atoms with E-state index in [1.807, 2.05) is 0 Å². The van der Waals surface area contributed by atoms with Crippen molar-refractivity contribution in [2.45, 2.75) is 4.90 Å². The Morgan fingerprint density at radius 1 is 1.00 bits per heavy atom. The zero-order valence-corrected chi connectivity index (χ0v) is 11.5. The smallest absolute Gasteiger partial charge is 0.264 e. The fourth-order valence-electron chi connectivity index (χ4n) is 1.39. The minimum Gasteiger partial charge on any atom is -0.280 e. The maximum Gasteiger partial charge on any atom is 0.264 e. The first-order chi connectivity index (χ1) is 8.49. The van der Waals surface area contributed by atoms with Gasteiger partial charge in [0.2, 0.25) is 0 Å². The van der Waals surface area contributed by atoms with Crippen LogP contribution in [0.4, 0.5) is 10.1 Å². The van der Waals surface area contributed by atoms with E-state index >= 15 is 0 Å². The van der Waals surface area contributed by atoms with Crippen LogP contribution in [0.15, 0.2) is 57.9 Å². The van der Waals surface area contributed by atoms with E-state index < -0.39 is 15.8 Å². The van der Waals surface area contributed by atoms with Crippen LogP contribution in [0.5, 0.6) is 0 Å². The standard InChI is InChI=1S/C12H9BrFNO2S/c13-9-5-7-10(8-6-9)15-18(16,17)12-4-2-1-3-11(12)14/h1-8,15H. The van der Waals surface area contributed by atoms with E-state index in [9.17, 15) is 12.8 Å². The molecule has 0 atom stereocenters. The molecule has 0 aliphatic heterocycles. The summed E-state index contributed by atoms with van der Waals surface area (Å²) in [5, 5.41) is 0. The van der Waals surface area contributed by atoms with Gasteiger partial charge in [-0.25, -0.2) is 12.8 Å². The van der Waals surface area contributed by atoms with Crippen molar-refractivity contribution in [3.8, 4) is 0 Å². The Labute approximate surface area is 113 Å². The molecule has 0 bridgehead atoms. The monoisotopic (exact) mass is 329 g/mol. The molecule has 2 aromatic carbocycles. The Hall–Kier alpha value is -1.40. The molecule has 0 aliphatic rings. The minimum absolute atomic E-state index is 0.368. The number of anilines is 1. The lowest BCUT2D eigenvalue weighted by Crippen LogP contribution is -2.14. The molecular weight excluding hydrogens is 321 g/mol. The van der Waals surface area contributed by atoms with Crippen LogP contribution in [-0.4, -0.2) is 8.42 Å². The quantitative estimate of drug-likeness (QED) is 0.938. The van der Waals surface area contributed by atoms with Gasteiger partial charge in [0.1, 0.15) is 10.7 Å². The van der Waals surface area contributed by atoms with Crippen LogP contribution in [0.25, 0.3) is 0 Å². The second-order valence-corrected chi connectivity index (χ2v) is 6.11. The van der Waals surface area contributed by atoms with Crippen LogP contribution in [0.3, 0.4) is 0 Å². The lowest BCUT2D eigenvalue weighted by molar-refractivity contribution is 0.570. The largest absolute Gasteiger partial charge is 0.280 e. The highest BCUT2D eigenvalue weighted by Gasteiger charge is 2.18. The summed E-state index contributed by atoms with van der Waals surface area (Å²) in [6.45, 7) is 0. The summed E-state index contributed by atoms with van der Waals surface area (Å²) in [5.74, 6) is -0.776. The third-order valence-corrected chi connectivity index (χ3v) is 4.17. The molecule has 2 rings (SSSR count). The average Bonchev–Trinajstić information content (AvgIpc) is 2.32. The molecule has 94 valence electrons. The van der Waals surface area contributed by atoms with Crippen molar-refractivity contribution in [1.29, 1.82) is 0 Å². The van der Waals surface area contributed by atoms with Crippen LogP contribution in [-0.2, 0) is 10.0 Å². The first-order valence-electron chi connectivity index (χ1n) is 5.02. The number of hydrogen-bond acceptors (Lipinski definition) is 2. The van der Waals surface area contributed by atoms with Crippen molar-refractivity contribution < 1.29 is 12.8 Å². The van der Waals surface area contributed by atoms with Crippen LogP contribution in [0, 0.1) is 5.82 Å². The Morgan fingerprint density at radius 2 is 1.61 bits per heavy atom. The normalized spacial score (nSPS) is 11.2. The summed E-state index contributed by atoms with van der Waals surface area (Å²) in [6.07, 6.45) is 0. The fraction of sp³-hybridized carbons (Fsp3) is 0. The molecule has 0 unspecified atom stereocenters. The predicted octanol–water partition coefficient (Wildman–Crippen LogP) is 3.39. The SMILES string of the molecule is O=S(=O)(Nc1ccc(Br)cc1)c1ccccc1F. The van der Waals surface area contributed by atoms with Crippen molar-refractivity contribution in [1.82, 2.24) is 0 Å².